The molecule has 0 atom stereocenters. The van der Waals surface area contributed by atoms with Crippen LogP contribution >= 0.6 is 7.49 Å². The number of hydrogen-bond donors (Lipinski definition) is 1. The van der Waals surface area contributed by atoms with Crippen molar-refractivity contribution in [2.75, 3.05) is 0 Å². The van der Waals surface area contributed by atoms with Gasteiger partial charge in [-0.2, -0.15) is 0 Å². The molecule has 0 heterocycles. The van der Waals surface area contributed by atoms with Crippen molar-refractivity contribution in [3.8, 4) is 0 Å². The summed E-state index contributed by atoms with van der Waals surface area (Å²) in [6.45, 7) is 6.21. The standard InChI is InChI=1S/C21H23OP/c1-16-4-10-19(11-5-16)23(22,20-12-6-17(2)7-13-20)21-14-8-18(3)9-15-21/h4-15,22-23H,1-3H3. The van der Waals surface area contributed by atoms with Gasteiger partial charge in [0.15, 0.2) is 0 Å². The van der Waals surface area contributed by atoms with Crippen LogP contribution in [0.1, 0.15) is 16.7 Å². The molecular weight excluding hydrogens is 299 g/mol. The minimum absolute atomic E-state index is 1.02. The topological polar surface area (TPSA) is 20.2 Å². The average Bonchev–Trinajstić information content (AvgIpc) is 2.56. The summed E-state index contributed by atoms with van der Waals surface area (Å²) < 4.78 is 0. The molecule has 3 rings (SSSR count). The Morgan fingerprint density at radius 2 is 0.696 bits per heavy atom. The van der Waals surface area contributed by atoms with Crippen LogP contribution in [0.5, 0.6) is 0 Å². The summed E-state index contributed by atoms with van der Waals surface area (Å²) in [5, 5.41) is 3.07. The van der Waals surface area contributed by atoms with E-state index in [2.05, 4.69) is 93.6 Å². The summed E-state index contributed by atoms with van der Waals surface area (Å²) in [5.74, 6) is 0. The van der Waals surface area contributed by atoms with Crippen LogP contribution in [0.15, 0.2) is 72.8 Å². The molecule has 1 N–H and O–H groups in total. The van der Waals surface area contributed by atoms with Crippen molar-refractivity contribution < 1.29 is 4.89 Å². The predicted octanol–water partition coefficient (Wildman–Crippen LogP) is 3.55. The van der Waals surface area contributed by atoms with Crippen molar-refractivity contribution in [1.29, 1.82) is 0 Å². The Bertz CT molecular complexity index is 676. The molecule has 3 aromatic carbocycles. The van der Waals surface area contributed by atoms with Gasteiger partial charge in [-0.15, -0.1) is 0 Å². The van der Waals surface area contributed by atoms with E-state index in [0.717, 1.165) is 15.9 Å². The van der Waals surface area contributed by atoms with E-state index < -0.39 is 7.49 Å². The fourth-order valence-corrected chi connectivity index (χ4v) is 5.83. The Morgan fingerprint density at radius 1 is 0.478 bits per heavy atom. The zero-order valence-electron chi connectivity index (χ0n) is 13.9. The maximum atomic E-state index is 11.8. The van der Waals surface area contributed by atoms with E-state index in [4.69, 9.17) is 0 Å². The first-order valence-corrected chi connectivity index (χ1v) is 9.88. The normalized spacial score (nSPS) is 12.2. The van der Waals surface area contributed by atoms with Crippen LogP contribution < -0.4 is 15.9 Å². The van der Waals surface area contributed by atoms with Crippen molar-refractivity contribution in [1.82, 2.24) is 0 Å². The van der Waals surface area contributed by atoms with Gasteiger partial charge in [-0.05, 0) is 0 Å². The van der Waals surface area contributed by atoms with Crippen LogP contribution in [0.2, 0.25) is 0 Å². The molecule has 2 heteroatoms. The minimum atomic E-state index is -2.95. The first kappa shape index (κ1) is 15.9. The van der Waals surface area contributed by atoms with E-state index in [1.54, 1.807) is 0 Å². The van der Waals surface area contributed by atoms with Crippen molar-refractivity contribution in [2.24, 2.45) is 0 Å². The van der Waals surface area contributed by atoms with Gasteiger partial charge in [-0.25, -0.2) is 0 Å². The summed E-state index contributed by atoms with van der Waals surface area (Å²) >= 11 is 0. The van der Waals surface area contributed by atoms with Crippen LogP contribution in [-0.4, -0.2) is 4.89 Å². The van der Waals surface area contributed by atoms with Crippen molar-refractivity contribution >= 4 is 23.4 Å². The van der Waals surface area contributed by atoms with E-state index in [0.29, 0.717) is 0 Å². The molecule has 0 radical (unpaired) electrons. The van der Waals surface area contributed by atoms with E-state index in [-0.39, 0.29) is 0 Å². The summed E-state index contributed by atoms with van der Waals surface area (Å²) in [4.78, 5) is 11.8. The van der Waals surface area contributed by atoms with Crippen LogP contribution in [0.25, 0.3) is 0 Å². The quantitative estimate of drug-likeness (QED) is 0.731. The summed E-state index contributed by atoms with van der Waals surface area (Å²) in [7, 11) is -2.95. The molecule has 0 fully saturated rings. The molecule has 1 nitrogen and oxygen atoms in total. The van der Waals surface area contributed by atoms with Crippen molar-refractivity contribution in [2.45, 2.75) is 20.8 Å². The molecule has 3 aromatic rings. The third-order valence-corrected chi connectivity index (χ3v) is 7.91. The van der Waals surface area contributed by atoms with Crippen molar-refractivity contribution in [3.63, 3.8) is 0 Å². The Labute approximate surface area is 139 Å². The molecule has 0 saturated carbocycles. The van der Waals surface area contributed by atoms with Gasteiger partial charge < -0.3 is 0 Å². The van der Waals surface area contributed by atoms with E-state index in [9.17, 15) is 4.89 Å². The third-order valence-electron chi connectivity index (χ3n) is 4.41. The molecule has 0 unspecified atom stereocenters. The Kier molecular flexibility index (Phi) is 4.35. The van der Waals surface area contributed by atoms with Gasteiger partial charge in [0.1, 0.15) is 0 Å². The predicted molar refractivity (Wildman–Crippen MR) is 103 cm³/mol. The average molecular weight is 322 g/mol. The molecule has 0 aliphatic carbocycles. The van der Waals surface area contributed by atoms with Crippen LogP contribution in [0, 0.1) is 20.8 Å². The molecule has 0 saturated heterocycles. The van der Waals surface area contributed by atoms with Gasteiger partial charge in [-0.1, -0.05) is 0 Å². The fraction of sp³-hybridized carbons (Fsp3) is 0.143. The Hall–Kier alpha value is -1.95. The molecule has 0 aromatic heterocycles. The second-order valence-electron chi connectivity index (χ2n) is 6.31. The zero-order valence-corrected chi connectivity index (χ0v) is 14.9. The van der Waals surface area contributed by atoms with Crippen LogP contribution in [0.3, 0.4) is 0 Å². The van der Waals surface area contributed by atoms with Gasteiger partial charge in [0.2, 0.25) is 0 Å². The monoisotopic (exact) mass is 322 g/mol. The first-order chi connectivity index (χ1) is 11.0. The van der Waals surface area contributed by atoms with E-state index in [1.807, 2.05) is 0 Å². The molecule has 0 aliphatic rings. The molecular formula is C21H23OP. The van der Waals surface area contributed by atoms with Crippen molar-refractivity contribution in [3.05, 3.63) is 89.5 Å². The Morgan fingerprint density at radius 3 is 0.913 bits per heavy atom. The van der Waals surface area contributed by atoms with Crippen LogP contribution in [-0.2, 0) is 0 Å². The Balaban J connectivity index is 2.21. The van der Waals surface area contributed by atoms with Crippen LogP contribution in [0.4, 0.5) is 0 Å². The van der Waals surface area contributed by atoms with E-state index in [1.165, 1.54) is 16.7 Å². The summed E-state index contributed by atoms with van der Waals surface area (Å²) in [6, 6.07) is 24.9. The second-order valence-corrected chi connectivity index (χ2v) is 9.46. The molecule has 118 valence electrons. The zero-order chi connectivity index (χ0) is 16.4. The number of hydrogen-bond acceptors (Lipinski definition) is 1. The summed E-state index contributed by atoms with van der Waals surface area (Å²) in [5.41, 5.74) is 3.62. The fourth-order valence-electron chi connectivity index (χ4n) is 2.88. The SMILES string of the molecule is Cc1ccc([PH](O)(c2ccc(C)cc2)c2ccc(C)cc2)cc1. The molecule has 0 amide bonds. The molecule has 0 bridgehead atoms. The van der Waals surface area contributed by atoms with Gasteiger partial charge >= 0.3 is 139 Å². The maximum absolute atomic E-state index is 11.8. The van der Waals surface area contributed by atoms with Gasteiger partial charge in [-0.3, -0.25) is 0 Å². The second kappa shape index (κ2) is 6.28. The van der Waals surface area contributed by atoms with Gasteiger partial charge in [0.05, 0.1) is 0 Å². The number of benzene rings is 3. The van der Waals surface area contributed by atoms with Gasteiger partial charge in [0.25, 0.3) is 0 Å². The third kappa shape index (κ3) is 3.08. The van der Waals surface area contributed by atoms with E-state index >= 15 is 0 Å². The van der Waals surface area contributed by atoms with Gasteiger partial charge in [0, 0.05) is 0 Å². The molecule has 0 spiro atoms. The summed E-state index contributed by atoms with van der Waals surface area (Å²) in [6.07, 6.45) is 0. The molecule has 0 aliphatic heterocycles. The molecule has 23 heavy (non-hydrogen) atoms. The number of aryl methyl sites for hydroxylation is 3. The number of rotatable bonds is 3. The first-order valence-electron chi connectivity index (χ1n) is 7.94.